The fourth-order valence-corrected chi connectivity index (χ4v) is 3.30. The molecule has 4 rings (SSSR count). The van der Waals surface area contributed by atoms with Crippen LogP contribution in [0, 0.1) is 11.3 Å². The summed E-state index contributed by atoms with van der Waals surface area (Å²) in [6.45, 7) is 0. The van der Waals surface area contributed by atoms with Gasteiger partial charge in [0.05, 0.1) is 31.8 Å². The van der Waals surface area contributed by atoms with Crippen LogP contribution in [0.15, 0.2) is 83.4 Å². The highest BCUT2D eigenvalue weighted by Crippen LogP contribution is 2.26. The minimum absolute atomic E-state index is 0.0372. The molecular formula is C25H21N9O4. The maximum absolute atomic E-state index is 13.3. The molecule has 4 aromatic rings. The summed E-state index contributed by atoms with van der Waals surface area (Å²) in [4.78, 5) is 34.8. The van der Waals surface area contributed by atoms with Gasteiger partial charge >= 0.3 is 0 Å². The first-order valence-corrected chi connectivity index (χ1v) is 11.1. The molecule has 0 atom stereocenters. The van der Waals surface area contributed by atoms with Gasteiger partial charge in [0.25, 0.3) is 17.8 Å². The topological polar surface area (TPSA) is 169 Å². The molecule has 0 saturated heterocycles. The molecule has 2 aromatic heterocycles. The molecule has 190 valence electrons. The molecule has 2 N–H and O–H groups in total. The average molecular weight is 512 g/mol. The van der Waals surface area contributed by atoms with Gasteiger partial charge in [-0.3, -0.25) is 9.59 Å². The molecule has 13 heteroatoms. The Balaban J connectivity index is 1.71. The number of nitriles is 1. The van der Waals surface area contributed by atoms with Crippen molar-refractivity contribution in [1.82, 2.24) is 19.7 Å². The molecule has 2 aromatic carbocycles. The Labute approximate surface area is 216 Å². The molecule has 0 aliphatic heterocycles. The molecule has 0 radical (unpaired) electrons. The number of hydrogen-bond donors (Lipinski definition) is 2. The smallest absolute Gasteiger partial charge is 0.261 e. The summed E-state index contributed by atoms with van der Waals surface area (Å²) in [5.41, 5.74) is 0.687. The molecule has 0 unspecified atom stereocenters. The van der Waals surface area contributed by atoms with Crippen LogP contribution in [0.2, 0.25) is 0 Å². The number of rotatable bonds is 9. The Morgan fingerprint density at radius 2 is 1.47 bits per heavy atom. The molecule has 38 heavy (non-hydrogen) atoms. The van der Waals surface area contributed by atoms with E-state index in [-0.39, 0.29) is 17.3 Å². The number of methoxy groups -OCH3 is 2. The Bertz CT molecular complexity index is 1450. The van der Waals surface area contributed by atoms with Crippen molar-refractivity contribution >= 4 is 29.0 Å². The summed E-state index contributed by atoms with van der Waals surface area (Å²) in [5, 5.41) is 27.0. The van der Waals surface area contributed by atoms with Crippen molar-refractivity contribution in [2.24, 2.45) is 10.2 Å². The lowest BCUT2D eigenvalue weighted by molar-refractivity contribution is -0.125. The molecule has 0 bridgehead atoms. The number of azo groups is 1. The second-order valence-corrected chi connectivity index (χ2v) is 7.45. The van der Waals surface area contributed by atoms with E-state index in [1.54, 1.807) is 54.6 Å². The van der Waals surface area contributed by atoms with E-state index in [9.17, 15) is 14.9 Å². The number of carbonyl (C=O) groups excluding carboxylic acids is 2. The van der Waals surface area contributed by atoms with Gasteiger partial charge in [-0.15, -0.1) is 5.11 Å². The highest BCUT2D eigenvalue weighted by atomic mass is 16.5. The SMILES string of the molecule is COc1ccccc1NC(=O)C(N=Nc1c(C#N)cnn1-c1ncccn1)C(=O)Nc1ccccc1OC. The van der Waals surface area contributed by atoms with Crippen LogP contribution in [-0.2, 0) is 9.59 Å². The zero-order chi connectivity index (χ0) is 26.9. The molecular weight excluding hydrogens is 490 g/mol. The zero-order valence-electron chi connectivity index (χ0n) is 20.3. The van der Waals surface area contributed by atoms with Crippen LogP contribution in [0.4, 0.5) is 17.2 Å². The number of carbonyl (C=O) groups is 2. The van der Waals surface area contributed by atoms with Crippen LogP contribution in [0.5, 0.6) is 11.5 Å². The van der Waals surface area contributed by atoms with Gasteiger partial charge in [0.1, 0.15) is 23.1 Å². The van der Waals surface area contributed by atoms with E-state index in [1.807, 2.05) is 6.07 Å². The standard InChI is InChI=1S/C25H21N9O4/c1-37-19-10-5-3-8-17(19)30-23(35)21(24(36)31-18-9-4-6-11-20(18)38-2)32-33-22-16(14-26)15-29-34(22)25-27-12-7-13-28-25/h3-13,15,21H,1-2H3,(H,30,35)(H,31,36). The summed E-state index contributed by atoms with van der Waals surface area (Å²) in [7, 11) is 2.90. The van der Waals surface area contributed by atoms with Gasteiger partial charge in [0.15, 0.2) is 5.82 Å². The lowest BCUT2D eigenvalue weighted by atomic mass is 10.2. The first kappa shape index (κ1) is 25.5. The summed E-state index contributed by atoms with van der Waals surface area (Å²) < 4.78 is 11.7. The number of hydrogen-bond acceptors (Lipinski definition) is 10. The lowest BCUT2D eigenvalue weighted by Gasteiger charge is -2.15. The van der Waals surface area contributed by atoms with Gasteiger partial charge in [-0.2, -0.15) is 20.2 Å². The molecule has 2 heterocycles. The summed E-state index contributed by atoms with van der Waals surface area (Å²) in [6, 6.07) is 15.3. The third-order valence-corrected chi connectivity index (χ3v) is 5.10. The molecule has 0 spiro atoms. The predicted molar refractivity (Wildman–Crippen MR) is 135 cm³/mol. The predicted octanol–water partition coefficient (Wildman–Crippen LogP) is 3.28. The quantitative estimate of drug-likeness (QED) is 0.255. The van der Waals surface area contributed by atoms with Gasteiger partial charge in [0.2, 0.25) is 6.04 Å². The molecule has 0 saturated carbocycles. The molecule has 0 aliphatic rings. The van der Waals surface area contributed by atoms with E-state index in [2.05, 4.69) is 35.9 Å². The van der Waals surface area contributed by atoms with Crippen molar-refractivity contribution in [2.75, 3.05) is 24.9 Å². The number of ether oxygens (including phenoxy) is 2. The number of aromatic nitrogens is 4. The highest BCUT2D eigenvalue weighted by molar-refractivity contribution is 6.14. The Morgan fingerprint density at radius 3 is 2.00 bits per heavy atom. The number of anilines is 2. The molecule has 0 aliphatic carbocycles. The number of amides is 2. The molecule has 2 amide bonds. The van der Waals surface area contributed by atoms with Crippen molar-refractivity contribution in [3.05, 3.63) is 78.8 Å². The van der Waals surface area contributed by atoms with E-state index < -0.39 is 17.9 Å². The van der Waals surface area contributed by atoms with Crippen LogP contribution in [-0.4, -0.2) is 51.8 Å². The van der Waals surface area contributed by atoms with Crippen molar-refractivity contribution in [1.29, 1.82) is 5.26 Å². The van der Waals surface area contributed by atoms with Crippen LogP contribution >= 0.6 is 0 Å². The number of para-hydroxylation sites is 4. The zero-order valence-corrected chi connectivity index (χ0v) is 20.3. The first-order chi connectivity index (χ1) is 18.5. The fraction of sp³-hybridized carbons (Fsp3) is 0.120. The minimum Gasteiger partial charge on any atom is -0.495 e. The van der Waals surface area contributed by atoms with E-state index in [0.717, 1.165) is 0 Å². The van der Waals surface area contributed by atoms with Crippen molar-refractivity contribution in [3.8, 4) is 23.5 Å². The molecule has 0 fully saturated rings. The average Bonchev–Trinajstić information content (AvgIpc) is 3.37. The lowest BCUT2D eigenvalue weighted by Crippen LogP contribution is -2.37. The second kappa shape index (κ2) is 11.9. The third kappa shape index (κ3) is 5.60. The Hall–Kier alpha value is -5.64. The van der Waals surface area contributed by atoms with E-state index in [0.29, 0.717) is 22.9 Å². The largest absolute Gasteiger partial charge is 0.495 e. The van der Waals surface area contributed by atoms with Gasteiger partial charge in [-0.1, -0.05) is 24.3 Å². The van der Waals surface area contributed by atoms with Crippen LogP contribution in [0.25, 0.3) is 5.95 Å². The van der Waals surface area contributed by atoms with Crippen molar-refractivity contribution < 1.29 is 19.1 Å². The van der Waals surface area contributed by atoms with Gasteiger partial charge in [0, 0.05) is 12.4 Å². The van der Waals surface area contributed by atoms with Crippen molar-refractivity contribution in [2.45, 2.75) is 6.04 Å². The van der Waals surface area contributed by atoms with E-state index in [4.69, 9.17) is 9.47 Å². The van der Waals surface area contributed by atoms with Gasteiger partial charge in [-0.25, -0.2) is 9.97 Å². The van der Waals surface area contributed by atoms with Gasteiger partial charge in [-0.05, 0) is 30.3 Å². The third-order valence-electron chi connectivity index (χ3n) is 5.10. The summed E-state index contributed by atoms with van der Waals surface area (Å²) in [5.74, 6) is -0.770. The Morgan fingerprint density at radius 1 is 0.921 bits per heavy atom. The first-order valence-electron chi connectivity index (χ1n) is 11.1. The van der Waals surface area contributed by atoms with Crippen LogP contribution in [0.1, 0.15) is 5.56 Å². The second-order valence-electron chi connectivity index (χ2n) is 7.45. The molecule has 13 nitrogen and oxygen atoms in total. The van der Waals surface area contributed by atoms with Crippen LogP contribution < -0.4 is 20.1 Å². The Kier molecular flexibility index (Phi) is 7.95. The summed E-state index contributed by atoms with van der Waals surface area (Å²) >= 11 is 0. The van der Waals surface area contributed by atoms with E-state index in [1.165, 1.54) is 37.5 Å². The maximum Gasteiger partial charge on any atom is 0.261 e. The van der Waals surface area contributed by atoms with Crippen LogP contribution in [0.3, 0.4) is 0 Å². The van der Waals surface area contributed by atoms with E-state index >= 15 is 0 Å². The highest BCUT2D eigenvalue weighted by Gasteiger charge is 2.29. The number of nitrogens with one attached hydrogen (secondary N) is 2. The normalized spacial score (nSPS) is 10.7. The van der Waals surface area contributed by atoms with Gasteiger partial charge < -0.3 is 20.1 Å². The number of nitrogens with zero attached hydrogens (tertiary/aromatic N) is 7. The van der Waals surface area contributed by atoms with Crippen molar-refractivity contribution in [3.63, 3.8) is 0 Å². The summed E-state index contributed by atoms with van der Waals surface area (Å²) in [6.07, 6.45) is 4.23. The minimum atomic E-state index is -1.68. The number of benzene rings is 2. The maximum atomic E-state index is 13.3. The fourth-order valence-electron chi connectivity index (χ4n) is 3.30. The monoisotopic (exact) mass is 511 g/mol.